The molecule has 7 atom stereocenters. The molecule has 12 nitrogen and oxygen atoms in total. The number of aromatic amines is 1. The van der Waals surface area contributed by atoms with Gasteiger partial charge >= 0.3 is 12.1 Å². The molecular formula is C46H61N5O7. The molecule has 1 aliphatic carbocycles. The van der Waals surface area contributed by atoms with Crippen LogP contribution in [0.25, 0.3) is 10.9 Å². The number of aromatic nitrogens is 2. The number of allylic oxidation sites excluding steroid dienone is 2. The van der Waals surface area contributed by atoms with Gasteiger partial charge in [0.15, 0.2) is 0 Å². The number of aliphatic hydroxyl groups excluding tert-OH is 3. The van der Waals surface area contributed by atoms with E-state index < -0.39 is 36.7 Å². The lowest BCUT2D eigenvalue weighted by Gasteiger charge is -2.33. The number of unbranched alkanes of at least 4 members (excludes halogenated alkanes) is 1. The van der Waals surface area contributed by atoms with Crippen LogP contribution in [0.1, 0.15) is 87.8 Å². The zero-order valence-electron chi connectivity index (χ0n) is 33.7. The molecule has 0 radical (unpaired) electrons. The van der Waals surface area contributed by atoms with E-state index in [4.69, 9.17) is 9.47 Å². The number of amides is 1. The number of hydrogen-bond donors (Lipinski definition) is 6. The molecule has 1 saturated heterocycles. The first kappa shape index (κ1) is 42.8. The van der Waals surface area contributed by atoms with Crippen molar-refractivity contribution in [2.75, 3.05) is 18.4 Å². The Morgan fingerprint density at radius 1 is 0.966 bits per heavy atom. The molecule has 2 fully saturated rings. The second-order valence-electron chi connectivity index (χ2n) is 16.1. The second kappa shape index (κ2) is 21.9. The minimum atomic E-state index is -1.03. The van der Waals surface area contributed by atoms with Gasteiger partial charge in [0.2, 0.25) is 6.29 Å². The van der Waals surface area contributed by atoms with Crippen molar-refractivity contribution in [3.05, 3.63) is 108 Å². The zero-order valence-corrected chi connectivity index (χ0v) is 33.7. The highest BCUT2D eigenvalue weighted by molar-refractivity contribution is 5.81. The Labute approximate surface area is 342 Å². The zero-order chi connectivity index (χ0) is 40.7. The fourth-order valence-corrected chi connectivity index (χ4v) is 8.46. The number of alkyl carbamates (subject to hydrolysis) is 1. The molecule has 4 aromatic rings. The van der Waals surface area contributed by atoms with Gasteiger partial charge in [-0.25, -0.2) is 4.79 Å². The number of H-pyrrole nitrogens is 1. The number of carbonyl (C=O) groups is 2. The van der Waals surface area contributed by atoms with Gasteiger partial charge in [-0.15, -0.1) is 0 Å². The number of carbonyl (C=O) groups excluding carboxylic acids is 2. The summed E-state index contributed by atoms with van der Waals surface area (Å²) in [5.41, 5.74) is 5.45. The summed E-state index contributed by atoms with van der Waals surface area (Å²) in [6.07, 6.45) is 9.86. The van der Waals surface area contributed by atoms with Crippen LogP contribution in [0, 0.1) is 11.8 Å². The summed E-state index contributed by atoms with van der Waals surface area (Å²) in [6, 6.07) is 24.9. The van der Waals surface area contributed by atoms with Gasteiger partial charge in [0.1, 0.15) is 0 Å². The lowest BCUT2D eigenvalue weighted by Crippen LogP contribution is -2.41. The van der Waals surface area contributed by atoms with Crippen molar-refractivity contribution in [1.29, 1.82) is 0 Å². The van der Waals surface area contributed by atoms with E-state index >= 15 is 0 Å². The lowest BCUT2D eigenvalue weighted by molar-refractivity contribution is -0.164. The molecule has 58 heavy (non-hydrogen) atoms. The van der Waals surface area contributed by atoms with Crippen LogP contribution < -0.4 is 10.6 Å². The Bertz CT molecular complexity index is 1900. The summed E-state index contributed by atoms with van der Waals surface area (Å²) in [5, 5.41) is 46.5. The Kier molecular flexibility index (Phi) is 16.1. The first-order valence-electron chi connectivity index (χ1n) is 21.1. The van der Waals surface area contributed by atoms with Crippen LogP contribution in [0.3, 0.4) is 0 Å². The molecular weight excluding hydrogens is 735 g/mol. The first-order valence-corrected chi connectivity index (χ1v) is 21.1. The molecule has 6 rings (SSSR count). The molecule has 1 amide bonds. The SMILES string of the molecule is CC(OC(=O)CCCC=CCC1C(O)CC(O)C1CCC(O)CCc1ccccc1)OC(=O)NCc1cccc(CN2CCCC(Nc3ccc4[nH]ncc4c3)C2)c1. The quantitative estimate of drug-likeness (QED) is 0.0237. The number of rotatable bonds is 20. The Morgan fingerprint density at radius 2 is 1.78 bits per heavy atom. The maximum absolute atomic E-state index is 12.5. The molecule has 3 aromatic carbocycles. The maximum Gasteiger partial charge on any atom is 0.410 e. The van der Waals surface area contributed by atoms with Gasteiger partial charge in [0.25, 0.3) is 0 Å². The molecule has 1 saturated carbocycles. The van der Waals surface area contributed by atoms with E-state index in [-0.39, 0.29) is 24.8 Å². The number of likely N-dealkylation sites (tertiary alicyclic amines) is 1. The van der Waals surface area contributed by atoms with Crippen molar-refractivity contribution in [1.82, 2.24) is 20.4 Å². The number of nitrogens with zero attached hydrogens (tertiary/aromatic N) is 2. The smallest absolute Gasteiger partial charge is 0.410 e. The number of aryl methyl sites for hydroxylation is 1. The Hall–Kier alpha value is -4.75. The number of benzene rings is 3. The Balaban J connectivity index is 0.829. The van der Waals surface area contributed by atoms with Crippen LogP contribution in [0.4, 0.5) is 10.5 Å². The van der Waals surface area contributed by atoms with E-state index in [0.717, 1.165) is 61.1 Å². The number of piperidine rings is 1. The minimum absolute atomic E-state index is 0.0672. The van der Waals surface area contributed by atoms with Crippen molar-refractivity contribution in [3.8, 4) is 0 Å². The van der Waals surface area contributed by atoms with E-state index in [9.17, 15) is 24.9 Å². The fourth-order valence-electron chi connectivity index (χ4n) is 8.46. The topological polar surface area (TPSA) is 169 Å². The third-order valence-corrected chi connectivity index (χ3v) is 11.5. The fraction of sp³-hybridized carbons (Fsp3) is 0.500. The Morgan fingerprint density at radius 3 is 2.64 bits per heavy atom. The molecule has 12 heteroatoms. The van der Waals surface area contributed by atoms with Crippen LogP contribution in [-0.4, -0.2) is 86.2 Å². The highest BCUT2D eigenvalue weighted by Gasteiger charge is 2.40. The van der Waals surface area contributed by atoms with Crippen LogP contribution in [0.15, 0.2) is 91.1 Å². The van der Waals surface area contributed by atoms with E-state index in [1.165, 1.54) is 18.1 Å². The van der Waals surface area contributed by atoms with Crippen molar-refractivity contribution >= 4 is 28.7 Å². The number of hydrogen-bond acceptors (Lipinski definition) is 10. The van der Waals surface area contributed by atoms with Gasteiger partial charge in [-0.05, 0) is 117 Å². The number of esters is 1. The van der Waals surface area contributed by atoms with E-state index in [2.05, 4.69) is 68.2 Å². The van der Waals surface area contributed by atoms with Crippen molar-refractivity contribution in [2.24, 2.45) is 11.8 Å². The second-order valence-corrected chi connectivity index (χ2v) is 16.1. The standard InChI is InChI=1S/C46H61N5O7/c1-32(57-45(55)17-8-3-2-7-16-40-41(44(54)27-43(40)53)22-21-39(52)20-18-33-11-5-4-6-12-33)58-46(56)47-28-34-13-9-14-35(25-34)30-51-24-10-15-38(31-51)49-37-19-23-42-36(26-37)29-48-50-42/h2,4-7,9,11-14,19,23,25-26,29,32,38-41,43-44,49,52-54H,3,8,10,15-18,20-22,24,27-28,30-31H2,1H3,(H,47,56)(H,48,50). The van der Waals surface area contributed by atoms with Crippen molar-refractivity contribution in [3.63, 3.8) is 0 Å². The largest absolute Gasteiger partial charge is 0.425 e. The predicted octanol–water partition coefficient (Wildman–Crippen LogP) is 7.00. The van der Waals surface area contributed by atoms with Crippen molar-refractivity contribution < 1.29 is 34.4 Å². The predicted molar refractivity (Wildman–Crippen MR) is 225 cm³/mol. The molecule has 6 N–H and O–H groups in total. The number of anilines is 1. The summed E-state index contributed by atoms with van der Waals surface area (Å²) in [5.74, 6) is -0.588. The molecule has 2 aliphatic rings. The molecule has 0 spiro atoms. The summed E-state index contributed by atoms with van der Waals surface area (Å²) >= 11 is 0. The lowest BCUT2D eigenvalue weighted by atomic mass is 9.85. The van der Waals surface area contributed by atoms with Crippen LogP contribution in [0.5, 0.6) is 0 Å². The molecule has 1 aromatic heterocycles. The summed E-state index contributed by atoms with van der Waals surface area (Å²) in [4.78, 5) is 27.4. The third kappa shape index (κ3) is 13.4. The molecule has 0 bridgehead atoms. The van der Waals surface area contributed by atoms with E-state index in [1.54, 1.807) is 0 Å². The number of nitrogens with one attached hydrogen (secondary N) is 3. The van der Waals surface area contributed by atoms with E-state index in [0.29, 0.717) is 51.0 Å². The number of fused-ring (bicyclic) bond motifs is 1. The first-order chi connectivity index (χ1) is 28.2. The van der Waals surface area contributed by atoms with E-state index in [1.807, 2.05) is 48.7 Å². The number of aliphatic hydroxyl groups is 3. The van der Waals surface area contributed by atoms with Gasteiger partial charge in [-0.3, -0.25) is 14.8 Å². The summed E-state index contributed by atoms with van der Waals surface area (Å²) in [7, 11) is 0. The maximum atomic E-state index is 12.5. The van der Waals surface area contributed by atoms with Gasteiger partial charge < -0.3 is 35.4 Å². The van der Waals surface area contributed by atoms with Crippen LogP contribution in [-0.2, 0) is 33.8 Å². The van der Waals surface area contributed by atoms with Gasteiger partial charge in [-0.2, -0.15) is 5.10 Å². The van der Waals surface area contributed by atoms with Crippen LogP contribution in [0.2, 0.25) is 0 Å². The molecule has 312 valence electrons. The minimum Gasteiger partial charge on any atom is -0.425 e. The van der Waals surface area contributed by atoms with Crippen LogP contribution >= 0.6 is 0 Å². The third-order valence-electron chi connectivity index (χ3n) is 11.5. The molecule has 7 unspecified atom stereocenters. The summed E-state index contributed by atoms with van der Waals surface area (Å²) < 4.78 is 10.6. The molecule has 2 heterocycles. The van der Waals surface area contributed by atoms with Crippen molar-refractivity contribution in [2.45, 2.75) is 121 Å². The monoisotopic (exact) mass is 795 g/mol. The highest BCUT2D eigenvalue weighted by atomic mass is 16.7. The average molecular weight is 796 g/mol. The summed E-state index contributed by atoms with van der Waals surface area (Å²) in [6.45, 7) is 4.59. The van der Waals surface area contributed by atoms with Gasteiger partial charge in [0.05, 0.1) is 30.0 Å². The molecule has 1 aliphatic heterocycles. The normalized spacial score (nSPS) is 22.2. The average Bonchev–Trinajstić information content (AvgIpc) is 3.79. The number of ether oxygens (including phenoxy) is 2. The van der Waals surface area contributed by atoms with Gasteiger partial charge in [0, 0.05) is 50.1 Å². The highest BCUT2D eigenvalue weighted by Crippen LogP contribution is 2.38. The van der Waals surface area contributed by atoms with Gasteiger partial charge in [-0.1, -0.05) is 66.7 Å².